The van der Waals surface area contributed by atoms with Gasteiger partial charge in [0.15, 0.2) is 5.82 Å². The number of thiophene rings is 1. The minimum absolute atomic E-state index is 0.675. The fraction of sp³-hybridized carbons (Fsp3) is 0.0333. The number of hydrogen-bond acceptors (Lipinski definition) is 5. The molecule has 0 aliphatic carbocycles. The van der Waals surface area contributed by atoms with Crippen molar-refractivity contribution >= 4 is 77.0 Å². The number of furan rings is 1. The number of fused-ring (bicyclic) bond motifs is 8. The molecule has 5 heteroatoms. The second kappa shape index (κ2) is 17.5. The van der Waals surface area contributed by atoms with Crippen molar-refractivity contribution in [3.63, 3.8) is 0 Å². The van der Waals surface area contributed by atoms with E-state index in [-0.39, 0.29) is 0 Å². The van der Waals surface area contributed by atoms with Gasteiger partial charge >= 0.3 is 0 Å². The van der Waals surface area contributed by atoms with Crippen molar-refractivity contribution in [1.29, 1.82) is 0 Å². The first kappa shape index (κ1) is 40.2. The highest BCUT2D eigenvalue weighted by Crippen LogP contribution is 2.43. The zero-order valence-electron chi connectivity index (χ0n) is 35.6. The summed E-state index contributed by atoms with van der Waals surface area (Å²) in [5, 5.41) is 5.53. The molecule has 0 atom stereocenters. The maximum Gasteiger partial charge on any atom is 0.160 e. The van der Waals surface area contributed by atoms with Crippen LogP contribution in [0, 0.1) is 0 Å². The summed E-state index contributed by atoms with van der Waals surface area (Å²) in [6, 6.07) is 73.3. The average Bonchev–Trinajstić information content (AvgIpc) is 3.96. The zero-order valence-corrected chi connectivity index (χ0v) is 37.4. The van der Waals surface area contributed by atoms with Gasteiger partial charge in [-0.05, 0) is 112 Å². The third-order valence-electron chi connectivity index (χ3n) is 12.0. The minimum atomic E-state index is 0.675. The summed E-state index contributed by atoms with van der Waals surface area (Å²) in [5.74, 6) is 1.53. The lowest BCUT2D eigenvalue weighted by Gasteiger charge is -2.13. The van der Waals surface area contributed by atoms with Crippen molar-refractivity contribution in [2.75, 3.05) is 5.75 Å². The first-order chi connectivity index (χ1) is 32.1. The predicted molar refractivity (Wildman–Crippen MR) is 281 cm³/mol. The number of para-hydroxylation sites is 2. The summed E-state index contributed by atoms with van der Waals surface area (Å²) in [6.45, 7) is 1.98. The molecule has 0 spiro atoms. The molecule has 310 valence electrons. The Morgan fingerprint density at radius 1 is 0.462 bits per heavy atom. The van der Waals surface area contributed by atoms with Gasteiger partial charge in [-0.25, -0.2) is 9.97 Å². The van der Waals surface area contributed by atoms with Gasteiger partial charge in [-0.2, -0.15) is 12.6 Å². The van der Waals surface area contributed by atoms with Crippen LogP contribution in [0.25, 0.3) is 120 Å². The fourth-order valence-electron chi connectivity index (χ4n) is 8.88. The van der Waals surface area contributed by atoms with Gasteiger partial charge in [0.25, 0.3) is 0 Å². The van der Waals surface area contributed by atoms with Gasteiger partial charge in [-0.1, -0.05) is 158 Å². The van der Waals surface area contributed by atoms with Crippen LogP contribution in [0.3, 0.4) is 0 Å². The topological polar surface area (TPSA) is 38.9 Å². The fourth-order valence-corrected chi connectivity index (χ4v) is 10.2. The molecule has 0 aliphatic heterocycles. The standard InChI is InChI=1S/C56H34N2OS.C4H8S/c1-3-14-35(15-4-1)41-32-42(36-16-5-2-6-17-36)34-43(33-41)39-20-11-18-37(30-39)38-19-12-21-40(31-38)56-57-53(48-25-13-24-45-44-22-7-9-26-49(44)59-55(45)48)47-28-29-51-52(54(47)58-56)46-23-8-10-27-50(46)60-51;1-2-3-4-5/h1-34H;2-3,5H,4H2,1H3/b;3-2-. The number of hydrogen-bond donors (Lipinski definition) is 1. The number of allylic oxidation sites excluding steroid dienone is 1. The molecular weight excluding hydrogens is 829 g/mol. The Hall–Kier alpha value is -7.57. The number of thiol groups is 1. The predicted octanol–water partition coefficient (Wildman–Crippen LogP) is 17.4. The SMILES string of the molecule is C/C=C\CS.c1ccc(-c2cc(-c3ccccc3)cc(-c3cccc(-c4cccc(-c5nc(-c6cccc7c6oc6ccccc67)c6ccc7sc8ccccc8c7c6n5)c4)c3)c2)cc1. The molecular formula is C60H42N2OS2. The summed E-state index contributed by atoms with van der Waals surface area (Å²) in [4.78, 5) is 10.9. The van der Waals surface area contributed by atoms with E-state index in [1.165, 1.54) is 42.6 Å². The van der Waals surface area contributed by atoms with E-state index in [0.29, 0.717) is 5.82 Å². The van der Waals surface area contributed by atoms with Crippen molar-refractivity contribution in [3.05, 3.63) is 218 Å². The number of benzene rings is 9. The van der Waals surface area contributed by atoms with Gasteiger partial charge in [0.2, 0.25) is 0 Å². The molecule has 0 aliphatic rings. The molecule has 0 N–H and O–H groups in total. The second-order valence-corrected chi connectivity index (χ2v) is 17.5. The third kappa shape index (κ3) is 7.69. The molecule has 0 saturated heterocycles. The molecule has 3 heterocycles. The van der Waals surface area contributed by atoms with Crippen LogP contribution in [0.1, 0.15) is 6.92 Å². The molecule has 0 unspecified atom stereocenters. The first-order valence-electron chi connectivity index (χ1n) is 21.9. The summed E-state index contributed by atoms with van der Waals surface area (Å²) in [5.41, 5.74) is 14.7. The summed E-state index contributed by atoms with van der Waals surface area (Å²) >= 11 is 5.72. The van der Waals surface area contributed by atoms with Crippen LogP contribution in [-0.4, -0.2) is 15.7 Å². The molecule has 0 bridgehead atoms. The lowest BCUT2D eigenvalue weighted by molar-refractivity contribution is 0.670. The highest BCUT2D eigenvalue weighted by molar-refractivity contribution is 7.80. The van der Waals surface area contributed by atoms with Crippen LogP contribution in [0.4, 0.5) is 0 Å². The Balaban J connectivity index is 0.000000892. The van der Waals surface area contributed by atoms with Gasteiger partial charge in [0.05, 0.1) is 11.2 Å². The van der Waals surface area contributed by atoms with Crippen LogP contribution in [0.5, 0.6) is 0 Å². The van der Waals surface area contributed by atoms with E-state index in [2.05, 4.69) is 207 Å². The Morgan fingerprint density at radius 2 is 1.00 bits per heavy atom. The molecule has 65 heavy (non-hydrogen) atoms. The van der Waals surface area contributed by atoms with Crippen molar-refractivity contribution < 1.29 is 4.42 Å². The lowest BCUT2D eigenvalue weighted by atomic mass is 9.92. The highest BCUT2D eigenvalue weighted by Gasteiger charge is 2.20. The van der Waals surface area contributed by atoms with Crippen molar-refractivity contribution in [2.24, 2.45) is 0 Å². The van der Waals surface area contributed by atoms with Crippen LogP contribution in [0.15, 0.2) is 223 Å². The van der Waals surface area contributed by atoms with Gasteiger partial charge in [-0.3, -0.25) is 0 Å². The molecule has 3 nitrogen and oxygen atoms in total. The van der Waals surface area contributed by atoms with Crippen molar-refractivity contribution in [1.82, 2.24) is 9.97 Å². The molecule has 12 rings (SSSR count). The number of rotatable bonds is 7. The molecule has 0 amide bonds. The van der Waals surface area contributed by atoms with Gasteiger partial charge in [0, 0.05) is 53.2 Å². The zero-order chi connectivity index (χ0) is 43.7. The Morgan fingerprint density at radius 3 is 1.68 bits per heavy atom. The summed E-state index contributed by atoms with van der Waals surface area (Å²) in [7, 11) is 0. The van der Waals surface area contributed by atoms with E-state index in [1.807, 2.05) is 31.2 Å². The summed E-state index contributed by atoms with van der Waals surface area (Å²) < 4.78 is 9.06. The number of nitrogens with zero attached hydrogens (tertiary/aromatic N) is 2. The summed E-state index contributed by atoms with van der Waals surface area (Å²) in [6.07, 6.45) is 3.97. The van der Waals surface area contributed by atoms with E-state index in [9.17, 15) is 0 Å². The molecule has 3 aromatic heterocycles. The Labute approximate surface area is 387 Å². The van der Waals surface area contributed by atoms with Crippen LogP contribution < -0.4 is 0 Å². The van der Waals surface area contributed by atoms with Crippen LogP contribution >= 0.6 is 24.0 Å². The molecule has 0 fully saturated rings. The highest BCUT2D eigenvalue weighted by atomic mass is 32.1. The van der Waals surface area contributed by atoms with Gasteiger partial charge in [-0.15, -0.1) is 11.3 Å². The Bertz CT molecular complexity index is 3660. The molecule has 9 aromatic carbocycles. The van der Waals surface area contributed by atoms with Crippen molar-refractivity contribution in [3.8, 4) is 67.2 Å². The molecule has 12 aromatic rings. The van der Waals surface area contributed by atoms with E-state index >= 15 is 0 Å². The van der Waals surface area contributed by atoms with E-state index in [0.717, 1.165) is 77.5 Å². The van der Waals surface area contributed by atoms with Crippen LogP contribution in [-0.2, 0) is 0 Å². The van der Waals surface area contributed by atoms with E-state index < -0.39 is 0 Å². The normalized spacial score (nSPS) is 11.5. The van der Waals surface area contributed by atoms with Gasteiger partial charge < -0.3 is 4.42 Å². The monoisotopic (exact) mass is 870 g/mol. The third-order valence-corrected chi connectivity index (χ3v) is 13.4. The van der Waals surface area contributed by atoms with Crippen LogP contribution in [0.2, 0.25) is 0 Å². The molecule has 0 radical (unpaired) electrons. The maximum atomic E-state index is 6.61. The second-order valence-electron chi connectivity index (χ2n) is 16.1. The number of aromatic nitrogens is 2. The van der Waals surface area contributed by atoms with Crippen molar-refractivity contribution in [2.45, 2.75) is 6.92 Å². The maximum absolute atomic E-state index is 6.61. The quantitative estimate of drug-likeness (QED) is 0.128. The smallest absolute Gasteiger partial charge is 0.160 e. The first-order valence-corrected chi connectivity index (χ1v) is 23.3. The van der Waals surface area contributed by atoms with E-state index in [4.69, 9.17) is 14.4 Å². The molecule has 0 saturated carbocycles. The minimum Gasteiger partial charge on any atom is -0.455 e. The van der Waals surface area contributed by atoms with E-state index in [1.54, 1.807) is 11.3 Å². The lowest BCUT2D eigenvalue weighted by Crippen LogP contribution is -1.96. The van der Waals surface area contributed by atoms with Gasteiger partial charge in [0.1, 0.15) is 11.2 Å². The largest absolute Gasteiger partial charge is 0.455 e. The Kier molecular flexibility index (Phi) is 10.9. The average molecular weight is 871 g/mol.